The van der Waals surface area contributed by atoms with Crippen molar-refractivity contribution < 1.29 is 4.42 Å². The molecule has 2 rings (SSSR count). The Hall–Kier alpha value is -0.760. The van der Waals surface area contributed by atoms with Crippen LogP contribution in [-0.4, -0.2) is 6.54 Å². The van der Waals surface area contributed by atoms with Crippen LogP contribution in [0.5, 0.6) is 0 Å². The van der Waals surface area contributed by atoms with E-state index in [2.05, 4.69) is 12.2 Å². The molecule has 2 heteroatoms. The Morgan fingerprint density at radius 1 is 1.70 bits per heavy atom. The van der Waals surface area contributed by atoms with E-state index in [0.29, 0.717) is 6.04 Å². The van der Waals surface area contributed by atoms with Gasteiger partial charge in [-0.05, 0) is 31.5 Å². The maximum Gasteiger partial charge on any atom is 0.123 e. The highest BCUT2D eigenvalue weighted by atomic mass is 16.3. The van der Waals surface area contributed by atoms with E-state index >= 15 is 0 Å². The third-order valence-electron chi connectivity index (χ3n) is 2.04. The van der Waals surface area contributed by atoms with E-state index < -0.39 is 0 Å². The summed E-state index contributed by atoms with van der Waals surface area (Å²) in [7, 11) is 0. The van der Waals surface area contributed by atoms with E-state index in [1.165, 1.54) is 12.0 Å². The van der Waals surface area contributed by atoms with Crippen LogP contribution in [0, 0.1) is 6.92 Å². The lowest BCUT2D eigenvalue weighted by Crippen LogP contribution is -2.34. The predicted molar refractivity (Wildman–Crippen MR) is 38.8 cm³/mol. The zero-order valence-electron chi connectivity index (χ0n) is 6.05. The molecule has 1 fully saturated rings. The lowest BCUT2D eigenvalue weighted by molar-refractivity contribution is 0.317. The molecule has 0 saturated carbocycles. The summed E-state index contributed by atoms with van der Waals surface area (Å²) in [4.78, 5) is 0. The molecule has 2 nitrogen and oxygen atoms in total. The molecule has 2 heterocycles. The van der Waals surface area contributed by atoms with Crippen LogP contribution < -0.4 is 5.32 Å². The van der Waals surface area contributed by atoms with Gasteiger partial charge in [0.25, 0.3) is 0 Å². The summed E-state index contributed by atoms with van der Waals surface area (Å²) in [6.07, 6.45) is 2.97. The van der Waals surface area contributed by atoms with Gasteiger partial charge in [-0.1, -0.05) is 0 Å². The molecule has 0 amide bonds. The zero-order chi connectivity index (χ0) is 6.97. The van der Waals surface area contributed by atoms with Gasteiger partial charge in [-0.2, -0.15) is 0 Å². The van der Waals surface area contributed by atoms with Gasteiger partial charge in [0.1, 0.15) is 5.76 Å². The van der Waals surface area contributed by atoms with Gasteiger partial charge < -0.3 is 9.73 Å². The molecule has 1 N–H and O–H groups in total. The molecule has 0 aliphatic carbocycles. The number of furan rings is 1. The highest BCUT2D eigenvalue weighted by Gasteiger charge is 2.22. The van der Waals surface area contributed by atoms with Gasteiger partial charge in [-0.15, -0.1) is 0 Å². The van der Waals surface area contributed by atoms with Crippen molar-refractivity contribution in [1.82, 2.24) is 5.32 Å². The number of hydrogen-bond acceptors (Lipinski definition) is 2. The van der Waals surface area contributed by atoms with Crippen LogP contribution in [-0.2, 0) is 0 Å². The van der Waals surface area contributed by atoms with Gasteiger partial charge >= 0.3 is 0 Å². The summed E-state index contributed by atoms with van der Waals surface area (Å²) >= 11 is 0. The predicted octanol–water partition coefficient (Wildman–Crippen LogP) is 1.62. The molecule has 0 bridgehead atoms. The molecule has 54 valence electrons. The summed E-state index contributed by atoms with van der Waals surface area (Å²) in [5.74, 6) is 1.12. The third kappa shape index (κ3) is 0.762. The fraction of sp³-hybridized carbons (Fsp3) is 0.500. The Kier molecular flexibility index (Phi) is 1.27. The van der Waals surface area contributed by atoms with Crippen LogP contribution in [0.15, 0.2) is 16.7 Å². The van der Waals surface area contributed by atoms with E-state index in [1.54, 1.807) is 6.26 Å². The van der Waals surface area contributed by atoms with Crippen molar-refractivity contribution in [1.29, 1.82) is 0 Å². The number of aryl methyl sites for hydroxylation is 1. The van der Waals surface area contributed by atoms with Gasteiger partial charge in [0.15, 0.2) is 0 Å². The highest BCUT2D eigenvalue weighted by Crippen LogP contribution is 2.25. The van der Waals surface area contributed by atoms with Gasteiger partial charge in [0.2, 0.25) is 0 Å². The van der Waals surface area contributed by atoms with Crippen molar-refractivity contribution in [2.24, 2.45) is 0 Å². The first-order chi connectivity index (χ1) is 4.88. The average Bonchev–Trinajstić information content (AvgIpc) is 2.12. The normalized spacial score (nSPS) is 24.3. The molecule has 1 aromatic rings. The Morgan fingerprint density at radius 2 is 2.50 bits per heavy atom. The molecular formula is C8H11NO. The molecule has 10 heavy (non-hydrogen) atoms. The largest absolute Gasteiger partial charge is 0.467 e. The summed E-state index contributed by atoms with van der Waals surface area (Å²) in [5.41, 5.74) is 1.26. The second-order valence-corrected chi connectivity index (χ2v) is 2.76. The van der Waals surface area contributed by atoms with Crippen LogP contribution in [0.25, 0.3) is 0 Å². The maximum atomic E-state index is 5.31. The standard InChI is InChI=1S/C8H11NO/c1-6-3-5-10-8(6)7-2-4-9-7/h3,5,7,9H,2,4H2,1H3. The number of rotatable bonds is 1. The lowest BCUT2D eigenvalue weighted by atomic mass is 10.0. The molecule has 1 unspecified atom stereocenters. The van der Waals surface area contributed by atoms with E-state index in [9.17, 15) is 0 Å². The summed E-state index contributed by atoms with van der Waals surface area (Å²) in [6, 6.07) is 2.50. The molecule has 1 aliphatic heterocycles. The Bertz CT molecular complexity index is 225. The van der Waals surface area contributed by atoms with E-state index in [1.807, 2.05) is 6.07 Å². The average molecular weight is 137 g/mol. The first kappa shape index (κ1) is 5.98. The number of nitrogens with one attached hydrogen (secondary N) is 1. The molecule has 1 aliphatic rings. The molecule has 1 aromatic heterocycles. The van der Waals surface area contributed by atoms with Crippen molar-refractivity contribution in [3.8, 4) is 0 Å². The van der Waals surface area contributed by atoms with Crippen molar-refractivity contribution in [3.63, 3.8) is 0 Å². The fourth-order valence-corrected chi connectivity index (χ4v) is 1.25. The molecule has 0 radical (unpaired) electrons. The molecule has 1 atom stereocenters. The Morgan fingerprint density at radius 3 is 2.90 bits per heavy atom. The van der Waals surface area contributed by atoms with E-state index in [0.717, 1.165) is 12.3 Å². The third-order valence-corrected chi connectivity index (χ3v) is 2.04. The molecule has 1 saturated heterocycles. The highest BCUT2D eigenvalue weighted by molar-refractivity contribution is 5.19. The first-order valence-electron chi connectivity index (χ1n) is 3.65. The van der Waals surface area contributed by atoms with Crippen molar-refractivity contribution in [2.45, 2.75) is 19.4 Å². The summed E-state index contributed by atoms with van der Waals surface area (Å²) in [5, 5.41) is 3.29. The second kappa shape index (κ2) is 2.13. The first-order valence-corrected chi connectivity index (χ1v) is 3.65. The topological polar surface area (TPSA) is 25.2 Å². The Balaban J connectivity index is 2.23. The van der Waals surface area contributed by atoms with Crippen molar-refractivity contribution in [3.05, 3.63) is 23.7 Å². The quantitative estimate of drug-likeness (QED) is 0.636. The van der Waals surface area contributed by atoms with Crippen LogP contribution in [0.1, 0.15) is 23.8 Å². The minimum atomic E-state index is 0.495. The molecule has 0 spiro atoms. The van der Waals surface area contributed by atoms with Crippen LogP contribution in [0.3, 0.4) is 0 Å². The smallest absolute Gasteiger partial charge is 0.123 e. The van der Waals surface area contributed by atoms with Crippen LogP contribution in [0.4, 0.5) is 0 Å². The zero-order valence-corrected chi connectivity index (χ0v) is 6.05. The van der Waals surface area contributed by atoms with Gasteiger partial charge in [-0.25, -0.2) is 0 Å². The number of hydrogen-bond donors (Lipinski definition) is 1. The summed E-state index contributed by atoms with van der Waals surface area (Å²) < 4.78 is 5.31. The fourth-order valence-electron chi connectivity index (χ4n) is 1.25. The Labute approximate surface area is 60.2 Å². The van der Waals surface area contributed by atoms with Gasteiger partial charge in [-0.3, -0.25) is 0 Å². The lowest BCUT2D eigenvalue weighted by Gasteiger charge is -2.25. The van der Waals surface area contributed by atoms with Gasteiger partial charge in [0, 0.05) is 0 Å². The van der Waals surface area contributed by atoms with Crippen LogP contribution in [0.2, 0.25) is 0 Å². The van der Waals surface area contributed by atoms with E-state index in [4.69, 9.17) is 4.42 Å². The van der Waals surface area contributed by atoms with Crippen LogP contribution >= 0.6 is 0 Å². The monoisotopic (exact) mass is 137 g/mol. The SMILES string of the molecule is Cc1ccoc1C1CCN1. The minimum Gasteiger partial charge on any atom is -0.467 e. The van der Waals surface area contributed by atoms with Crippen molar-refractivity contribution in [2.75, 3.05) is 6.54 Å². The second-order valence-electron chi connectivity index (χ2n) is 2.76. The maximum absolute atomic E-state index is 5.31. The minimum absolute atomic E-state index is 0.495. The molecular weight excluding hydrogens is 126 g/mol. The van der Waals surface area contributed by atoms with E-state index in [-0.39, 0.29) is 0 Å². The summed E-state index contributed by atoms with van der Waals surface area (Å²) in [6.45, 7) is 3.21. The van der Waals surface area contributed by atoms with Gasteiger partial charge in [0.05, 0.1) is 12.3 Å². The van der Waals surface area contributed by atoms with Crippen molar-refractivity contribution >= 4 is 0 Å². The molecule has 0 aromatic carbocycles.